The van der Waals surface area contributed by atoms with Crippen LogP contribution in [0.4, 0.5) is 0 Å². The van der Waals surface area contributed by atoms with Crippen LogP contribution in [0, 0.1) is 6.92 Å². The van der Waals surface area contributed by atoms with Gasteiger partial charge in [0, 0.05) is 24.9 Å². The molecule has 0 aromatic carbocycles. The fraction of sp³-hybridized carbons (Fsp3) is 0.643. The van der Waals surface area contributed by atoms with Crippen molar-refractivity contribution in [2.75, 3.05) is 20.2 Å². The first-order valence-corrected chi connectivity index (χ1v) is 6.96. The molecule has 0 aliphatic carbocycles. The van der Waals surface area contributed by atoms with Gasteiger partial charge in [0.15, 0.2) is 12.0 Å². The summed E-state index contributed by atoms with van der Waals surface area (Å²) in [5.74, 6) is 0.0396. The summed E-state index contributed by atoms with van der Waals surface area (Å²) in [6, 6.07) is 2.14. The molecule has 112 valence electrons. The molecule has 6 heteroatoms. The summed E-state index contributed by atoms with van der Waals surface area (Å²) in [7, 11) is 1.56. The van der Waals surface area contributed by atoms with E-state index in [9.17, 15) is 4.79 Å². The van der Waals surface area contributed by atoms with Crippen LogP contribution < -0.4 is 15.8 Å². The lowest BCUT2D eigenvalue weighted by Gasteiger charge is -2.27. The van der Waals surface area contributed by atoms with Gasteiger partial charge in [-0.15, -0.1) is 0 Å². The molecule has 1 fully saturated rings. The van der Waals surface area contributed by atoms with Crippen LogP contribution in [0.2, 0.25) is 0 Å². The van der Waals surface area contributed by atoms with Crippen LogP contribution in [0.5, 0.6) is 5.75 Å². The summed E-state index contributed by atoms with van der Waals surface area (Å²) in [6.45, 7) is 5.65. The van der Waals surface area contributed by atoms with Crippen LogP contribution in [0.3, 0.4) is 0 Å². The Morgan fingerprint density at radius 2 is 2.15 bits per heavy atom. The molecule has 1 aliphatic heterocycles. The first-order valence-electron chi connectivity index (χ1n) is 6.96. The molecular weight excluding hydrogens is 258 g/mol. The second-order valence-corrected chi connectivity index (χ2v) is 5.14. The monoisotopic (exact) mass is 281 g/mol. The van der Waals surface area contributed by atoms with E-state index < -0.39 is 12.2 Å². The Morgan fingerprint density at radius 3 is 2.70 bits per heavy atom. The molecule has 1 atom stereocenters. The average molecular weight is 281 g/mol. The lowest BCUT2D eigenvalue weighted by molar-refractivity contribution is -0.0386. The van der Waals surface area contributed by atoms with Gasteiger partial charge in [-0.1, -0.05) is 0 Å². The van der Waals surface area contributed by atoms with Gasteiger partial charge in [-0.05, 0) is 39.8 Å². The Balaban J connectivity index is 2.37. The minimum atomic E-state index is -0.463. The second-order valence-electron chi connectivity index (χ2n) is 5.14. The van der Waals surface area contributed by atoms with Crippen LogP contribution >= 0.6 is 0 Å². The van der Waals surface area contributed by atoms with E-state index in [1.54, 1.807) is 14.0 Å². The van der Waals surface area contributed by atoms with Crippen molar-refractivity contribution in [3.63, 3.8) is 0 Å². The summed E-state index contributed by atoms with van der Waals surface area (Å²) in [6.07, 6.45) is 1.54. The number of aryl methyl sites for hydroxylation is 1. The van der Waals surface area contributed by atoms with E-state index in [0.29, 0.717) is 11.4 Å². The highest BCUT2D eigenvalue weighted by Gasteiger charge is 2.26. The Kier molecular flexibility index (Phi) is 4.67. The smallest absolute Gasteiger partial charge is 0.269 e. The van der Waals surface area contributed by atoms with Gasteiger partial charge in [0.25, 0.3) is 5.91 Å². The molecule has 2 heterocycles. The molecule has 0 radical (unpaired) electrons. The molecule has 3 N–H and O–H groups in total. The highest BCUT2D eigenvalue weighted by atomic mass is 16.7. The van der Waals surface area contributed by atoms with Crippen molar-refractivity contribution in [3.8, 4) is 5.75 Å². The number of primary amides is 1. The summed E-state index contributed by atoms with van der Waals surface area (Å²) in [5, 5.41) is 3.32. The van der Waals surface area contributed by atoms with Gasteiger partial charge in [0.2, 0.25) is 0 Å². The third-order valence-electron chi connectivity index (χ3n) is 3.73. The average Bonchev–Trinajstić information content (AvgIpc) is 2.76. The molecule has 2 rings (SSSR count). The highest BCUT2D eigenvalue weighted by molar-refractivity contribution is 5.94. The minimum Gasteiger partial charge on any atom is -0.463 e. The van der Waals surface area contributed by atoms with Crippen LogP contribution in [0.25, 0.3) is 0 Å². The van der Waals surface area contributed by atoms with E-state index in [0.717, 1.165) is 31.6 Å². The first kappa shape index (κ1) is 14.9. The topological polar surface area (TPSA) is 78.5 Å². The number of piperidine rings is 1. The lowest BCUT2D eigenvalue weighted by Crippen LogP contribution is -2.32. The zero-order chi connectivity index (χ0) is 14.7. The van der Waals surface area contributed by atoms with E-state index >= 15 is 0 Å². The van der Waals surface area contributed by atoms with Crippen LogP contribution in [0.1, 0.15) is 42.0 Å². The van der Waals surface area contributed by atoms with Crippen molar-refractivity contribution in [2.24, 2.45) is 5.73 Å². The molecule has 1 aromatic rings. The van der Waals surface area contributed by atoms with Crippen LogP contribution in [0.15, 0.2) is 6.07 Å². The third-order valence-corrected chi connectivity index (χ3v) is 3.73. The summed E-state index contributed by atoms with van der Waals surface area (Å²) in [4.78, 5) is 11.8. The number of ether oxygens (including phenoxy) is 2. The van der Waals surface area contributed by atoms with Gasteiger partial charge in [0.1, 0.15) is 5.69 Å². The number of aromatic nitrogens is 1. The van der Waals surface area contributed by atoms with Gasteiger partial charge in [-0.2, -0.15) is 0 Å². The largest absolute Gasteiger partial charge is 0.463 e. The highest BCUT2D eigenvalue weighted by Crippen LogP contribution is 2.31. The number of methoxy groups -OCH3 is 1. The number of hydrogen-bond acceptors (Lipinski definition) is 4. The maximum Gasteiger partial charge on any atom is 0.269 e. The quantitative estimate of drug-likeness (QED) is 0.795. The fourth-order valence-corrected chi connectivity index (χ4v) is 2.72. The number of nitrogens with zero attached hydrogens (tertiary/aromatic N) is 1. The van der Waals surface area contributed by atoms with Crippen molar-refractivity contribution in [3.05, 3.63) is 17.5 Å². The van der Waals surface area contributed by atoms with Crippen molar-refractivity contribution in [1.29, 1.82) is 0 Å². The van der Waals surface area contributed by atoms with Crippen molar-refractivity contribution >= 4 is 5.91 Å². The Labute approximate surface area is 119 Å². The molecule has 0 saturated carbocycles. The van der Waals surface area contributed by atoms with Crippen molar-refractivity contribution in [2.45, 2.75) is 39.0 Å². The molecule has 0 spiro atoms. The van der Waals surface area contributed by atoms with Crippen LogP contribution in [-0.4, -0.2) is 37.0 Å². The number of amides is 1. The van der Waals surface area contributed by atoms with E-state index in [-0.39, 0.29) is 6.04 Å². The van der Waals surface area contributed by atoms with E-state index in [1.165, 1.54) is 0 Å². The summed E-state index contributed by atoms with van der Waals surface area (Å²) >= 11 is 0. The van der Waals surface area contributed by atoms with Gasteiger partial charge in [-0.25, -0.2) is 0 Å². The maximum absolute atomic E-state index is 11.8. The molecule has 6 nitrogen and oxygen atoms in total. The number of nitrogens with two attached hydrogens (primary N) is 1. The van der Waals surface area contributed by atoms with Gasteiger partial charge < -0.3 is 25.1 Å². The van der Waals surface area contributed by atoms with Crippen molar-refractivity contribution < 1.29 is 14.3 Å². The maximum atomic E-state index is 11.8. The van der Waals surface area contributed by atoms with Crippen LogP contribution in [-0.2, 0) is 4.74 Å². The standard InChI is InChI=1S/C14H23N3O3/c1-9-8-12(20-10(2)19-3)13(14(15)18)17(9)11-4-6-16-7-5-11/h8,10-11,16H,4-7H2,1-3H3,(H2,15,18). The second kappa shape index (κ2) is 6.28. The molecule has 1 saturated heterocycles. The minimum absolute atomic E-state index is 0.286. The summed E-state index contributed by atoms with van der Waals surface area (Å²) < 4.78 is 12.8. The number of carbonyl (C=O) groups excluding carboxylic acids is 1. The number of hydrogen-bond donors (Lipinski definition) is 2. The zero-order valence-corrected chi connectivity index (χ0v) is 12.3. The third kappa shape index (κ3) is 2.96. The number of carbonyl (C=O) groups is 1. The predicted octanol–water partition coefficient (Wildman–Crippen LogP) is 1.19. The van der Waals surface area contributed by atoms with Crippen molar-refractivity contribution in [1.82, 2.24) is 9.88 Å². The summed E-state index contributed by atoms with van der Waals surface area (Å²) in [5.41, 5.74) is 6.99. The number of nitrogens with one attached hydrogen (secondary N) is 1. The van der Waals surface area contributed by atoms with Gasteiger partial charge >= 0.3 is 0 Å². The molecule has 1 amide bonds. The molecule has 20 heavy (non-hydrogen) atoms. The molecule has 0 bridgehead atoms. The van der Waals surface area contributed by atoms with Gasteiger partial charge in [0.05, 0.1) is 0 Å². The predicted molar refractivity (Wildman–Crippen MR) is 75.9 cm³/mol. The molecule has 1 aromatic heterocycles. The molecule has 1 unspecified atom stereocenters. The fourth-order valence-electron chi connectivity index (χ4n) is 2.72. The number of rotatable bonds is 5. The molecule has 1 aliphatic rings. The van der Waals surface area contributed by atoms with E-state index in [2.05, 4.69) is 5.32 Å². The Hall–Kier alpha value is -1.53. The lowest BCUT2D eigenvalue weighted by atomic mass is 10.1. The Bertz CT molecular complexity index is 478. The molecular formula is C14H23N3O3. The zero-order valence-electron chi connectivity index (χ0n) is 12.3. The van der Waals surface area contributed by atoms with Gasteiger partial charge in [-0.3, -0.25) is 4.79 Å². The normalized spacial score (nSPS) is 17.9. The van der Waals surface area contributed by atoms with E-state index in [4.69, 9.17) is 15.2 Å². The Morgan fingerprint density at radius 1 is 1.50 bits per heavy atom. The van der Waals surface area contributed by atoms with E-state index in [1.807, 2.05) is 17.6 Å². The SMILES string of the molecule is COC(C)Oc1cc(C)n(C2CCNCC2)c1C(N)=O. The first-order chi connectivity index (χ1) is 9.54.